The summed E-state index contributed by atoms with van der Waals surface area (Å²) in [6.45, 7) is 2.54. The molecule has 0 amide bonds. The van der Waals surface area contributed by atoms with E-state index in [1.165, 1.54) is 4.90 Å². The van der Waals surface area contributed by atoms with E-state index in [1.807, 2.05) is 42.7 Å². The van der Waals surface area contributed by atoms with Crippen molar-refractivity contribution in [1.29, 1.82) is 0 Å². The Morgan fingerprint density at radius 2 is 1.93 bits per heavy atom. The van der Waals surface area contributed by atoms with Gasteiger partial charge in [-0.05, 0) is 43.8 Å². The predicted octanol–water partition coefficient (Wildman–Crippen LogP) is 4.52. The Balaban J connectivity index is 1.70. The van der Waals surface area contributed by atoms with Crippen LogP contribution in [0.3, 0.4) is 0 Å². The van der Waals surface area contributed by atoms with E-state index >= 15 is 0 Å². The van der Waals surface area contributed by atoms with E-state index in [2.05, 4.69) is 11.0 Å². The molecule has 144 valence electrons. The van der Waals surface area contributed by atoms with Gasteiger partial charge in [0.05, 0.1) is 14.2 Å². The van der Waals surface area contributed by atoms with E-state index in [1.54, 1.807) is 26.0 Å². The molecule has 0 bridgehead atoms. The van der Waals surface area contributed by atoms with E-state index in [9.17, 15) is 4.79 Å². The van der Waals surface area contributed by atoms with Crippen molar-refractivity contribution in [3.8, 4) is 11.5 Å². The molecule has 0 spiro atoms. The van der Waals surface area contributed by atoms with Crippen molar-refractivity contribution in [1.82, 2.24) is 4.90 Å². The van der Waals surface area contributed by atoms with Crippen LogP contribution in [-0.4, -0.2) is 44.2 Å². The van der Waals surface area contributed by atoms with Crippen LogP contribution in [0.15, 0.2) is 47.4 Å². The lowest BCUT2D eigenvalue weighted by Gasteiger charge is -2.32. The summed E-state index contributed by atoms with van der Waals surface area (Å²) in [4.78, 5) is 16.5. The number of ether oxygens (including phenoxy) is 2. The lowest BCUT2D eigenvalue weighted by atomic mass is 9.90. The van der Waals surface area contributed by atoms with Crippen molar-refractivity contribution in [2.75, 3.05) is 33.6 Å². The van der Waals surface area contributed by atoms with Crippen LogP contribution in [0.5, 0.6) is 11.5 Å². The standard InChI is InChI=1S/C22H27NO3S/c1-25-20-8-4-6-18(22(20)26-2)15-23-13-5-7-17(14-23)21(24)16-9-11-19(27-3)12-10-16/h4,6,8-12,17H,5,7,13-15H2,1-3H3/t17-/m0/s1. The lowest BCUT2D eigenvalue weighted by Crippen LogP contribution is -2.38. The molecule has 1 aliphatic heterocycles. The molecule has 3 rings (SSSR count). The minimum Gasteiger partial charge on any atom is -0.493 e. The number of para-hydroxylation sites is 1. The third-order valence-electron chi connectivity index (χ3n) is 5.13. The summed E-state index contributed by atoms with van der Waals surface area (Å²) in [7, 11) is 3.32. The Morgan fingerprint density at radius 1 is 1.15 bits per heavy atom. The monoisotopic (exact) mass is 385 g/mol. The summed E-state index contributed by atoms with van der Waals surface area (Å²) < 4.78 is 11.0. The molecular formula is C22H27NO3S. The number of rotatable bonds is 7. The summed E-state index contributed by atoms with van der Waals surface area (Å²) in [5.74, 6) is 1.83. The van der Waals surface area contributed by atoms with E-state index < -0.39 is 0 Å². The molecule has 5 heteroatoms. The minimum absolute atomic E-state index is 0.0514. The van der Waals surface area contributed by atoms with Crippen LogP contribution in [0.25, 0.3) is 0 Å². The minimum atomic E-state index is 0.0514. The molecule has 27 heavy (non-hydrogen) atoms. The van der Waals surface area contributed by atoms with Crippen LogP contribution in [0.1, 0.15) is 28.8 Å². The third kappa shape index (κ3) is 4.66. The van der Waals surface area contributed by atoms with Gasteiger partial charge in [-0.2, -0.15) is 0 Å². The Kier molecular flexibility index (Phi) is 6.80. The number of carbonyl (C=O) groups is 1. The first-order valence-corrected chi connectivity index (χ1v) is 10.5. The highest BCUT2D eigenvalue weighted by Gasteiger charge is 2.27. The number of likely N-dealkylation sites (tertiary alicyclic amines) is 1. The molecule has 2 aromatic carbocycles. The summed E-state index contributed by atoms with van der Waals surface area (Å²) in [5, 5.41) is 0. The van der Waals surface area contributed by atoms with Crippen molar-refractivity contribution in [2.24, 2.45) is 5.92 Å². The number of carbonyl (C=O) groups excluding carboxylic acids is 1. The first-order valence-electron chi connectivity index (χ1n) is 9.26. The quantitative estimate of drug-likeness (QED) is 0.517. The number of hydrogen-bond acceptors (Lipinski definition) is 5. The summed E-state index contributed by atoms with van der Waals surface area (Å²) in [5.41, 5.74) is 1.91. The van der Waals surface area contributed by atoms with E-state index in [4.69, 9.17) is 9.47 Å². The molecule has 1 atom stereocenters. The smallest absolute Gasteiger partial charge is 0.167 e. The van der Waals surface area contributed by atoms with Gasteiger partial charge in [-0.1, -0.05) is 24.3 Å². The number of ketones is 1. The zero-order chi connectivity index (χ0) is 19.2. The highest BCUT2D eigenvalue weighted by atomic mass is 32.2. The van der Waals surface area contributed by atoms with E-state index in [0.29, 0.717) is 0 Å². The van der Waals surface area contributed by atoms with Crippen molar-refractivity contribution in [3.05, 3.63) is 53.6 Å². The maximum absolute atomic E-state index is 12.9. The fraction of sp³-hybridized carbons (Fsp3) is 0.409. The summed E-state index contributed by atoms with van der Waals surface area (Å²) >= 11 is 1.69. The van der Waals surface area contributed by atoms with Crippen LogP contribution in [-0.2, 0) is 6.54 Å². The largest absolute Gasteiger partial charge is 0.493 e. The van der Waals surface area contributed by atoms with Gasteiger partial charge in [0.2, 0.25) is 0 Å². The first-order chi connectivity index (χ1) is 13.2. The normalized spacial score (nSPS) is 17.5. The molecular weight excluding hydrogens is 358 g/mol. The maximum Gasteiger partial charge on any atom is 0.167 e. The number of piperidine rings is 1. The van der Waals surface area contributed by atoms with Gasteiger partial charge in [0, 0.05) is 35.0 Å². The van der Waals surface area contributed by atoms with Crippen LogP contribution < -0.4 is 9.47 Å². The molecule has 0 aromatic heterocycles. The molecule has 0 saturated carbocycles. The first kappa shape index (κ1) is 19.8. The summed E-state index contributed by atoms with van der Waals surface area (Å²) in [6.07, 6.45) is 4.03. The van der Waals surface area contributed by atoms with Crippen molar-refractivity contribution in [3.63, 3.8) is 0 Å². The second-order valence-corrected chi connectivity index (χ2v) is 7.70. The number of benzene rings is 2. The van der Waals surface area contributed by atoms with Crippen LogP contribution in [0.2, 0.25) is 0 Å². The van der Waals surface area contributed by atoms with Gasteiger partial charge in [0.15, 0.2) is 17.3 Å². The number of thioether (sulfide) groups is 1. The molecule has 1 heterocycles. The average Bonchev–Trinajstić information content (AvgIpc) is 2.73. The van der Waals surface area contributed by atoms with Gasteiger partial charge in [0.1, 0.15) is 0 Å². The van der Waals surface area contributed by atoms with E-state index in [-0.39, 0.29) is 11.7 Å². The predicted molar refractivity (Wildman–Crippen MR) is 110 cm³/mol. The maximum atomic E-state index is 12.9. The Labute approximate surface area is 165 Å². The molecule has 2 aromatic rings. The number of Topliss-reactive ketones (excluding diaryl/α,β-unsaturated/α-hetero) is 1. The molecule has 0 aliphatic carbocycles. The highest BCUT2D eigenvalue weighted by molar-refractivity contribution is 7.98. The van der Waals surface area contributed by atoms with E-state index in [0.717, 1.165) is 55.1 Å². The number of methoxy groups -OCH3 is 2. The molecule has 1 aliphatic rings. The average molecular weight is 386 g/mol. The second-order valence-electron chi connectivity index (χ2n) is 6.82. The van der Waals surface area contributed by atoms with Crippen LogP contribution in [0, 0.1) is 5.92 Å². The van der Waals surface area contributed by atoms with Crippen LogP contribution in [0.4, 0.5) is 0 Å². The second kappa shape index (κ2) is 9.29. The molecule has 0 unspecified atom stereocenters. The van der Waals surface area contributed by atoms with Gasteiger partial charge in [-0.15, -0.1) is 11.8 Å². The lowest BCUT2D eigenvalue weighted by molar-refractivity contribution is 0.0810. The van der Waals surface area contributed by atoms with Crippen molar-refractivity contribution < 1.29 is 14.3 Å². The Morgan fingerprint density at radius 3 is 2.59 bits per heavy atom. The van der Waals surface area contributed by atoms with Crippen LogP contribution >= 0.6 is 11.8 Å². The van der Waals surface area contributed by atoms with Gasteiger partial charge >= 0.3 is 0 Å². The fourth-order valence-electron chi connectivity index (χ4n) is 3.72. The molecule has 4 nitrogen and oxygen atoms in total. The van der Waals surface area contributed by atoms with Gasteiger partial charge in [0.25, 0.3) is 0 Å². The SMILES string of the molecule is COc1cccc(CN2CCC[C@H](C(=O)c3ccc(SC)cc3)C2)c1OC. The topological polar surface area (TPSA) is 38.8 Å². The molecule has 1 saturated heterocycles. The van der Waals surface area contributed by atoms with Gasteiger partial charge in [-0.25, -0.2) is 0 Å². The van der Waals surface area contributed by atoms with Crippen molar-refractivity contribution in [2.45, 2.75) is 24.3 Å². The number of nitrogens with zero attached hydrogens (tertiary/aromatic N) is 1. The Bertz CT molecular complexity index is 776. The number of hydrogen-bond donors (Lipinski definition) is 0. The highest BCUT2D eigenvalue weighted by Crippen LogP contribution is 2.32. The molecule has 0 radical (unpaired) electrons. The fourth-order valence-corrected chi connectivity index (χ4v) is 4.13. The zero-order valence-electron chi connectivity index (χ0n) is 16.2. The summed E-state index contributed by atoms with van der Waals surface area (Å²) in [6, 6.07) is 13.9. The third-order valence-corrected chi connectivity index (χ3v) is 5.87. The Hall–Kier alpha value is -1.98. The molecule has 1 fully saturated rings. The van der Waals surface area contributed by atoms with Crippen molar-refractivity contribution >= 4 is 17.5 Å². The van der Waals surface area contributed by atoms with Gasteiger partial charge in [-0.3, -0.25) is 9.69 Å². The zero-order valence-corrected chi connectivity index (χ0v) is 17.1. The molecule has 0 N–H and O–H groups in total. The van der Waals surface area contributed by atoms with Gasteiger partial charge < -0.3 is 9.47 Å².